The average Bonchev–Trinajstić information content (AvgIpc) is 3.01. The quantitative estimate of drug-likeness (QED) is 0.348. The number of carbonyl (C=O) groups is 1. The van der Waals surface area contributed by atoms with Gasteiger partial charge in [-0.25, -0.2) is 18.1 Å². The highest BCUT2D eigenvalue weighted by Gasteiger charge is 2.59. The van der Waals surface area contributed by atoms with Crippen molar-refractivity contribution in [3.8, 4) is 5.75 Å². The van der Waals surface area contributed by atoms with Crippen LogP contribution in [-0.2, 0) is 18.6 Å². The number of esters is 1. The Morgan fingerprint density at radius 3 is 2.53 bits per heavy atom. The zero-order valence-corrected chi connectivity index (χ0v) is 22.0. The first-order chi connectivity index (χ1) is 16.8. The summed E-state index contributed by atoms with van der Waals surface area (Å²) in [6.45, 7) is 5.81. The van der Waals surface area contributed by atoms with Gasteiger partial charge in [0.1, 0.15) is 11.9 Å². The lowest BCUT2D eigenvalue weighted by atomic mass is 10.1. The van der Waals surface area contributed by atoms with Gasteiger partial charge in [0.2, 0.25) is 0 Å². The number of aliphatic hydroxyl groups is 1. The molecule has 0 unspecified atom stereocenters. The summed E-state index contributed by atoms with van der Waals surface area (Å²) in [7, 11) is -4.07. The molecule has 5 atom stereocenters. The highest BCUT2D eigenvalue weighted by Crippen LogP contribution is 2.55. The van der Waals surface area contributed by atoms with Crippen molar-refractivity contribution in [1.82, 2.24) is 9.55 Å². The van der Waals surface area contributed by atoms with E-state index >= 15 is 0 Å². The number of carbonyl (C=O) groups excluding carboxylic acids is 1. The monoisotopic (exact) mass is 546 g/mol. The van der Waals surface area contributed by atoms with Crippen LogP contribution in [-0.4, -0.2) is 56.8 Å². The van der Waals surface area contributed by atoms with Crippen molar-refractivity contribution in [2.75, 3.05) is 12.8 Å². The maximum Gasteiger partial charge on any atom is 0.380 e. The summed E-state index contributed by atoms with van der Waals surface area (Å²) in [6.07, 6.45) is -1.77. The number of ether oxygens (including phenoxy) is 1. The lowest BCUT2D eigenvalue weighted by molar-refractivity contribution is -0.151. The molecule has 36 heavy (non-hydrogen) atoms. The van der Waals surface area contributed by atoms with E-state index < -0.39 is 54.4 Å². The maximum absolute atomic E-state index is 14.9. The molecule has 0 radical (unpaired) electrons. The third-order valence-corrected chi connectivity index (χ3v) is 8.85. The number of nitrogens with zero attached hydrogens (tertiary/aromatic N) is 2. The molecule has 0 aliphatic carbocycles. The van der Waals surface area contributed by atoms with E-state index in [9.17, 15) is 28.0 Å². The predicted octanol–water partition coefficient (Wildman–Crippen LogP) is 4.04. The van der Waals surface area contributed by atoms with Crippen LogP contribution in [0.4, 0.5) is 8.78 Å². The second-order valence-corrected chi connectivity index (χ2v) is 12.1. The second kappa shape index (κ2) is 11.4. The molecule has 0 spiro atoms. The summed E-state index contributed by atoms with van der Waals surface area (Å²) in [5, 5.41) is 7.37. The smallest absolute Gasteiger partial charge is 0.380 e. The highest BCUT2D eigenvalue weighted by atomic mass is 32.2. The Morgan fingerprint density at radius 1 is 1.25 bits per heavy atom. The van der Waals surface area contributed by atoms with Gasteiger partial charge in [-0.15, -0.1) is 11.8 Å². The van der Waals surface area contributed by atoms with Crippen LogP contribution >= 0.6 is 19.4 Å². The van der Waals surface area contributed by atoms with E-state index in [-0.39, 0.29) is 18.0 Å². The van der Waals surface area contributed by atoms with Crippen molar-refractivity contribution in [1.29, 1.82) is 0 Å². The number of benzene rings is 1. The van der Waals surface area contributed by atoms with Gasteiger partial charge in [-0.3, -0.25) is 13.9 Å². The predicted molar refractivity (Wildman–Crippen MR) is 130 cm³/mol. The first-order valence-electron chi connectivity index (χ1n) is 11.3. The van der Waals surface area contributed by atoms with Gasteiger partial charge in [-0.1, -0.05) is 25.1 Å². The van der Waals surface area contributed by atoms with Crippen molar-refractivity contribution in [2.45, 2.75) is 56.4 Å². The molecule has 0 saturated carbocycles. The molecule has 1 N–H and O–H groups in total. The molecule has 1 aliphatic rings. The molecule has 0 bridgehead atoms. The number of para-hydroxylation sites is 1. The number of thioether (sulfide) groups is 1. The Balaban J connectivity index is 1.79. The fourth-order valence-corrected chi connectivity index (χ4v) is 6.89. The third kappa shape index (κ3) is 6.73. The van der Waals surface area contributed by atoms with Crippen LogP contribution in [0.25, 0.3) is 0 Å². The first kappa shape index (κ1) is 28.3. The first-order valence-corrected chi connectivity index (χ1v) is 14.0. The highest BCUT2D eigenvalue weighted by molar-refractivity contribution is 8.00. The summed E-state index contributed by atoms with van der Waals surface area (Å²) in [4.78, 5) is 28.2. The minimum atomic E-state index is -4.07. The minimum Gasteiger partial charge on any atom is -0.463 e. The average molecular weight is 547 g/mol. The van der Waals surface area contributed by atoms with Crippen LogP contribution in [0, 0.1) is 12.8 Å². The number of alkyl halides is 2. The van der Waals surface area contributed by atoms with Gasteiger partial charge in [-0.05, 0) is 39.0 Å². The van der Waals surface area contributed by atoms with Gasteiger partial charge in [-0.2, -0.15) is 4.98 Å². The van der Waals surface area contributed by atoms with Crippen molar-refractivity contribution in [3.63, 3.8) is 0 Å². The number of aliphatic hydroxyl groups excluding tert-OH is 1. The van der Waals surface area contributed by atoms with Gasteiger partial charge in [0.05, 0.1) is 30.0 Å². The molecule has 0 amide bonds. The third-order valence-electron chi connectivity index (χ3n) is 5.28. The minimum absolute atomic E-state index is 0.199. The van der Waals surface area contributed by atoms with E-state index in [0.29, 0.717) is 17.5 Å². The molecule has 2 heterocycles. The maximum atomic E-state index is 14.9. The normalized spacial score (nSPS) is 23.7. The van der Waals surface area contributed by atoms with Crippen molar-refractivity contribution in [3.05, 3.63) is 58.8 Å². The molecule has 1 fully saturated rings. The summed E-state index contributed by atoms with van der Waals surface area (Å²) >= 11 is 0.609. The second-order valence-electron chi connectivity index (χ2n) is 8.79. The van der Waals surface area contributed by atoms with Crippen LogP contribution in [0.1, 0.15) is 31.8 Å². The van der Waals surface area contributed by atoms with E-state index in [2.05, 4.69) is 4.98 Å². The molecular weight excluding hydrogens is 517 g/mol. The van der Waals surface area contributed by atoms with E-state index in [1.54, 1.807) is 39.0 Å². The van der Waals surface area contributed by atoms with Crippen LogP contribution in [0.3, 0.4) is 0 Å². The molecule has 1 aromatic heterocycles. The van der Waals surface area contributed by atoms with Crippen LogP contribution < -0.4 is 10.2 Å². The number of aromatic nitrogens is 2. The molecule has 1 aromatic carbocycles. The SMILES string of the molecule is Cc1ccn([C@@H]2S[C@H](CO[P@@](=O)(C[C@@H](C)C(=O)OC(C)C)Oc3ccccc3)[C@@H](O)C2(F)F)c(=O)n1. The Morgan fingerprint density at radius 2 is 1.92 bits per heavy atom. The summed E-state index contributed by atoms with van der Waals surface area (Å²) in [5.74, 6) is -4.99. The molecule has 9 nitrogen and oxygen atoms in total. The largest absolute Gasteiger partial charge is 0.463 e. The topological polar surface area (TPSA) is 117 Å². The van der Waals surface area contributed by atoms with Gasteiger partial charge in [0.15, 0.2) is 5.37 Å². The van der Waals surface area contributed by atoms with Crippen LogP contribution in [0.2, 0.25) is 0 Å². The molecule has 1 saturated heterocycles. The van der Waals surface area contributed by atoms with Gasteiger partial charge in [0, 0.05) is 11.9 Å². The summed E-state index contributed by atoms with van der Waals surface area (Å²) in [5.41, 5.74) is -0.511. The fourth-order valence-electron chi connectivity index (χ4n) is 3.49. The Labute approximate surface area is 211 Å². The number of hydrogen-bond acceptors (Lipinski definition) is 9. The van der Waals surface area contributed by atoms with Crippen molar-refractivity contribution >= 4 is 25.3 Å². The van der Waals surface area contributed by atoms with Crippen LogP contribution in [0.15, 0.2) is 47.4 Å². The standard InChI is InChI=1S/C23H29F2N2O7PS/c1-14(2)33-20(29)15(3)13-35(31,34-17-8-6-5-7-9-17)32-12-18-19(28)23(24,25)21(36-18)27-11-10-16(4)26-22(27)30/h5-11,14-15,18-19,21,28H,12-13H2,1-4H3/t15-,18-,19-,21-,35+/m1/s1. The number of aryl methyl sites for hydroxylation is 1. The summed E-state index contributed by atoms with van der Waals surface area (Å²) in [6, 6.07) is 9.49. The van der Waals surface area contributed by atoms with E-state index in [1.807, 2.05) is 0 Å². The van der Waals surface area contributed by atoms with Crippen LogP contribution in [0.5, 0.6) is 5.75 Å². The number of rotatable bonds is 10. The molecular formula is C23H29F2N2O7PS. The van der Waals surface area contributed by atoms with Gasteiger partial charge in [0.25, 0.3) is 0 Å². The Bertz CT molecular complexity index is 1160. The van der Waals surface area contributed by atoms with E-state index in [4.69, 9.17) is 13.8 Å². The Kier molecular flexibility index (Phi) is 8.97. The van der Waals surface area contributed by atoms with E-state index in [1.165, 1.54) is 31.3 Å². The molecule has 3 rings (SSSR count). The molecule has 2 aromatic rings. The number of halogens is 2. The molecule has 1 aliphatic heterocycles. The Hall–Kier alpha value is -2.27. The van der Waals surface area contributed by atoms with Gasteiger partial charge >= 0.3 is 25.2 Å². The lowest BCUT2D eigenvalue weighted by Crippen LogP contribution is -2.42. The molecule has 13 heteroatoms. The fraction of sp³-hybridized carbons (Fsp3) is 0.522. The van der Waals surface area contributed by atoms with E-state index in [0.717, 1.165) is 4.57 Å². The van der Waals surface area contributed by atoms with Gasteiger partial charge < -0.3 is 14.4 Å². The van der Waals surface area contributed by atoms with Crippen molar-refractivity contribution in [2.24, 2.45) is 5.92 Å². The molecule has 198 valence electrons. The lowest BCUT2D eigenvalue weighted by Gasteiger charge is -2.24. The number of hydrogen-bond donors (Lipinski definition) is 1. The zero-order chi connectivity index (χ0) is 26.7. The summed E-state index contributed by atoms with van der Waals surface area (Å²) < 4.78 is 60.6. The van der Waals surface area contributed by atoms with Crippen molar-refractivity contribution < 1.29 is 37.0 Å². The zero-order valence-electron chi connectivity index (χ0n) is 20.2.